The van der Waals surface area contributed by atoms with Crippen molar-refractivity contribution < 1.29 is 4.42 Å². The highest BCUT2D eigenvalue weighted by molar-refractivity contribution is 5.94. The van der Waals surface area contributed by atoms with Gasteiger partial charge in [-0.05, 0) is 34.9 Å². The van der Waals surface area contributed by atoms with Gasteiger partial charge in [-0.3, -0.25) is 0 Å². The average molecular weight is 409 g/mol. The van der Waals surface area contributed by atoms with Crippen LogP contribution in [0.2, 0.25) is 0 Å². The summed E-state index contributed by atoms with van der Waals surface area (Å²) in [5.41, 5.74) is 10.1. The Morgan fingerprint density at radius 3 is 2.50 bits per heavy atom. The van der Waals surface area contributed by atoms with Crippen LogP contribution in [-0.4, -0.2) is 0 Å². The van der Waals surface area contributed by atoms with Gasteiger partial charge in [-0.1, -0.05) is 84.9 Å². The zero-order chi connectivity index (χ0) is 21.1. The van der Waals surface area contributed by atoms with Crippen LogP contribution < -0.4 is 10.8 Å². The molecule has 0 fully saturated rings. The van der Waals surface area contributed by atoms with Crippen LogP contribution in [0.15, 0.2) is 106 Å². The van der Waals surface area contributed by atoms with Crippen molar-refractivity contribution in [2.24, 2.45) is 4.99 Å². The molecule has 5 aromatic rings. The van der Waals surface area contributed by atoms with E-state index in [1.54, 1.807) is 0 Å². The number of hydrogen-bond donors (Lipinski definition) is 0. The van der Waals surface area contributed by atoms with E-state index < -0.39 is 0 Å². The first-order chi connectivity index (χ1) is 15.8. The van der Waals surface area contributed by atoms with E-state index in [0.717, 1.165) is 33.0 Å². The van der Waals surface area contributed by atoms with Gasteiger partial charge < -0.3 is 4.42 Å². The van der Waals surface area contributed by atoms with Crippen LogP contribution in [0.3, 0.4) is 0 Å². The van der Waals surface area contributed by atoms with Crippen molar-refractivity contribution in [1.82, 2.24) is 0 Å². The summed E-state index contributed by atoms with van der Waals surface area (Å²) in [6, 6.07) is 31.9. The van der Waals surface area contributed by atoms with Crippen LogP contribution in [0.5, 0.6) is 0 Å². The lowest BCUT2D eigenvalue weighted by Crippen LogP contribution is -2.08. The van der Waals surface area contributed by atoms with E-state index in [2.05, 4.69) is 103 Å². The first-order valence-corrected chi connectivity index (χ1v) is 10.9. The van der Waals surface area contributed by atoms with E-state index in [-0.39, 0.29) is 5.92 Å². The van der Waals surface area contributed by atoms with Crippen molar-refractivity contribution in [3.8, 4) is 22.3 Å². The lowest BCUT2D eigenvalue weighted by atomic mass is 9.91. The molecule has 2 heteroatoms. The molecule has 0 N–H and O–H groups in total. The molecular weight excluding hydrogens is 390 g/mol. The Hall–Kier alpha value is -4.17. The zero-order valence-corrected chi connectivity index (χ0v) is 17.3. The summed E-state index contributed by atoms with van der Waals surface area (Å²) in [6.45, 7) is 0. The Balaban J connectivity index is 1.34. The van der Waals surface area contributed by atoms with Crippen molar-refractivity contribution in [2.45, 2.75) is 5.92 Å². The van der Waals surface area contributed by atoms with Crippen molar-refractivity contribution in [3.63, 3.8) is 0 Å². The normalized spacial score (nSPS) is 15.6. The van der Waals surface area contributed by atoms with E-state index in [9.17, 15) is 0 Å². The molecule has 2 aliphatic rings. The van der Waals surface area contributed by atoms with Crippen LogP contribution >= 0.6 is 0 Å². The first kappa shape index (κ1) is 17.5. The second-order valence-corrected chi connectivity index (χ2v) is 8.42. The number of hydrogen-bond acceptors (Lipinski definition) is 2. The van der Waals surface area contributed by atoms with E-state index in [0.29, 0.717) is 0 Å². The molecule has 1 aliphatic heterocycles. The third kappa shape index (κ3) is 2.63. The molecule has 0 radical (unpaired) electrons. The minimum Gasteiger partial charge on any atom is -0.456 e. The van der Waals surface area contributed by atoms with E-state index >= 15 is 0 Å². The number of allylic oxidation sites excluding steroid dienone is 1. The predicted octanol–water partition coefficient (Wildman–Crippen LogP) is 6.62. The molecule has 7 rings (SSSR count). The summed E-state index contributed by atoms with van der Waals surface area (Å²) in [6.07, 6.45) is 6.72. The molecule has 32 heavy (non-hydrogen) atoms. The van der Waals surface area contributed by atoms with Crippen molar-refractivity contribution in [2.75, 3.05) is 0 Å². The minimum absolute atomic E-state index is 0.184. The Kier molecular flexibility index (Phi) is 3.65. The summed E-state index contributed by atoms with van der Waals surface area (Å²) >= 11 is 0. The van der Waals surface area contributed by atoms with Crippen LogP contribution in [0, 0.1) is 0 Å². The Bertz CT molecular complexity index is 1670. The number of nitrogens with zero attached hydrogens (tertiary/aromatic N) is 1. The van der Waals surface area contributed by atoms with Crippen molar-refractivity contribution >= 4 is 28.8 Å². The molecule has 150 valence electrons. The second-order valence-electron chi connectivity index (χ2n) is 8.42. The van der Waals surface area contributed by atoms with Crippen LogP contribution in [-0.2, 0) is 0 Å². The molecule has 1 atom stereocenters. The van der Waals surface area contributed by atoms with Gasteiger partial charge in [0.25, 0.3) is 0 Å². The molecule has 0 amide bonds. The Morgan fingerprint density at radius 1 is 0.719 bits per heavy atom. The van der Waals surface area contributed by atoms with Gasteiger partial charge in [-0.15, -0.1) is 0 Å². The van der Waals surface area contributed by atoms with Gasteiger partial charge >= 0.3 is 0 Å². The van der Waals surface area contributed by atoms with Gasteiger partial charge in [0.15, 0.2) is 0 Å². The quantitative estimate of drug-likeness (QED) is 0.315. The standard InChI is InChI=1S/C30H19NO/c1-2-7-19(8-3-1)20-9-6-10-21(15-20)22-13-14-24-26-17-25-23-11-4-5-12-27(23)31-28(25)18-30(26)32-29(24)16-22/h1-18,22H. The van der Waals surface area contributed by atoms with E-state index in [1.807, 2.05) is 6.07 Å². The fourth-order valence-electron chi connectivity index (χ4n) is 4.88. The molecule has 2 heterocycles. The molecule has 1 unspecified atom stereocenters. The highest BCUT2D eigenvalue weighted by atomic mass is 16.3. The number of furan rings is 1. The second kappa shape index (κ2) is 6.66. The maximum Gasteiger partial charge on any atom is 0.137 e. The molecular formula is C30H19NO. The van der Waals surface area contributed by atoms with Crippen molar-refractivity contribution in [3.05, 3.63) is 119 Å². The van der Waals surface area contributed by atoms with Gasteiger partial charge in [0.05, 0.1) is 11.0 Å². The summed E-state index contributed by atoms with van der Waals surface area (Å²) in [5.74, 6) is 0.184. The summed E-state index contributed by atoms with van der Waals surface area (Å²) in [5, 5.41) is 2.13. The van der Waals surface area contributed by atoms with Crippen LogP contribution in [0.25, 0.3) is 45.4 Å². The highest BCUT2D eigenvalue weighted by Crippen LogP contribution is 2.35. The maximum atomic E-state index is 6.31. The third-order valence-electron chi connectivity index (χ3n) is 6.49. The SMILES string of the molecule is C1=CC(c2cccc(-c3ccccc3)c2)C=c2oc3cc4c(cc3c21)-c1ccccc1N=4. The average Bonchev–Trinajstić information content (AvgIpc) is 3.40. The summed E-state index contributed by atoms with van der Waals surface area (Å²) < 4.78 is 6.31. The topological polar surface area (TPSA) is 25.5 Å². The Morgan fingerprint density at radius 2 is 1.56 bits per heavy atom. The van der Waals surface area contributed by atoms with E-state index in [1.165, 1.54) is 27.8 Å². The van der Waals surface area contributed by atoms with Crippen LogP contribution in [0.4, 0.5) is 5.69 Å². The molecule has 0 spiro atoms. The lowest BCUT2D eigenvalue weighted by molar-refractivity contribution is 0.574. The predicted molar refractivity (Wildman–Crippen MR) is 130 cm³/mol. The molecule has 2 nitrogen and oxygen atoms in total. The number of benzene rings is 4. The monoisotopic (exact) mass is 409 g/mol. The largest absolute Gasteiger partial charge is 0.456 e. The zero-order valence-electron chi connectivity index (χ0n) is 17.3. The molecule has 1 aliphatic carbocycles. The number of rotatable bonds is 2. The lowest BCUT2D eigenvalue weighted by Gasteiger charge is -2.13. The van der Waals surface area contributed by atoms with Crippen LogP contribution in [0.1, 0.15) is 17.0 Å². The maximum absolute atomic E-state index is 6.31. The van der Waals surface area contributed by atoms with Gasteiger partial charge in [0.2, 0.25) is 0 Å². The summed E-state index contributed by atoms with van der Waals surface area (Å²) in [7, 11) is 0. The van der Waals surface area contributed by atoms with Gasteiger partial charge in [-0.25, -0.2) is 4.99 Å². The van der Waals surface area contributed by atoms with Gasteiger partial charge in [0.1, 0.15) is 11.0 Å². The number of para-hydroxylation sites is 1. The highest BCUT2D eigenvalue weighted by Gasteiger charge is 2.19. The summed E-state index contributed by atoms with van der Waals surface area (Å²) in [4.78, 5) is 4.78. The number of fused-ring (bicyclic) bond motifs is 6. The van der Waals surface area contributed by atoms with Gasteiger partial charge in [-0.2, -0.15) is 0 Å². The first-order valence-electron chi connectivity index (χ1n) is 10.9. The Labute approximate surface area is 185 Å². The van der Waals surface area contributed by atoms with E-state index in [4.69, 9.17) is 9.41 Å². The molecule has 0 saturated heterocycles. The molecule has 1 aromatic heterocycles. The fourth-order valence-corrected chi connectivity index (χ4v) is 4.88. The molecule has 0 bridgehead atoms. The fraction of sp³-hybridized carbons (Fsp3) is 0.0333. The molecule has 0 saturated carbocycles. The van der Waals surface area contributed by atoms with Gasteiger partial charge in [0, 0.05) is 34.1 Å². The molecule has 4 aromatic carbocycles. The minimum atomic E-state index is 0.184. The van der Waals surface area contributed by atoms with Crippen molar-refractivity contribution in [1.29, 1.82) is 0 Å². The third-order valence-corrected chi connectivity index (χ3v) is 6.49. The smallest absolute Gasteiger partial charge is 0.137 e.